The highest BCUT2D eigenvalue weighted by Gasteiger charge is 2.34. The first-order chi connectivity index (χ1) is 8.49. The molecule has 96 valence electrons. The molecule has 1 atom stereocenters. The molecule has 2 rings (SSSR count). The Labute approximate surface area is 124 Å². The summed E-state index contributed by atoms with van der Waals surface area (Å²) in [6.07, 6.45) is 2.12. The third kappa shape index (κ3) is 3.22. The largest absolute Gasteiger partial charge is 0.392 e. The van der Waals surface area contributed by atoms with Crippen LogP contribution in [0.3, 0.4) is 0 Å². The molecule has 1 fully saturated rings. The van der Waals surface area contributed by atoms with Crippen LogP contribution in [0.5, 0.6) is 0 Å². The molecule has 3 nitrogen and oxygen atoms in total. The highest BCUT2D eigenvalue weighted by atomic mass is 79.9. The predicted octanol–water partition coefficient (Wildman–Crippen LogP) is 2.90. The molecule has 0 aromatic heterocycles. The van der Waals surface area contributed by atoms with E-state index in [9.17, 15) is 4.79 Å². The smallest absolute Gasteiger partial charge is 0.252 e. The monoisotopic (exact) mass is 346 g/mol. The Hall–Kier alpha value is -0.650. The van der Waals surface area contributed by atoms with Gasteiger partial charge in [0.15, 0.2) is 0 Å². The van der Waals surface area contributed by atoms with E-state index in [1.165, 1.54) is 0 Å². The summed E-state index contributed by atoms with van der Waals surface area (Å²) >= 11 is 14.1. The minimum Gasteiger partial charge on any atom is -0.392 e. The minimum absolute atomic E-state index is 0.191. The van der Waals surface area contributed by atoms with Crippen LogP contribution in [0.2, 0.25) is 5.02 Å². The van der Waals surface area contributed by atoms with E-state index in [0.29, 0.717) is 26.0 Å². The van der Waals surface area contributed by atoms with Gasteiger partial charge in [-0.2, -0.15) is 0 Å². The van der Waals surface area contributed by atoms with Crippen molar-refractivity contribution in [1.29, 1.82) is 0 Å². The van der Waals surface area contributed by atoms with Gasteiger partial charge in [-0.3, -0.25) is 4.79 Å². The molecule has 1 aromatic carbocycles. The van der Waals surface area contributed by atoms with Crippen molar-refractivity contribution in [2.24, 2.45) is 11.7 Å². The molecule has 3 N–H and O–H groups in total. The lowest BCUT2D eigenvalue weighted by Crippen LogP contribution is -2.45. The summed E-state index contributed by atoms with van der Waals surface area (Å²) in [6.45, 7) is 0. The molecule has 1 unspecified atom stereocenters. The van der Waals surface area contributed by atoms with Crippen LogP contribution in [-0.4, -0.2) is 16.9 Å². The Kier molecular flexibility index (Phi) is 4.25. The Morgan fingerprint density at radius 2 is 2.22 bits per heavy atom. The molecular formula is C12H12BrClN2OS. The van der Waals surface area contributed by atoms with Crippen LogP contribution in [0.15, 0.2) is 22.7 Å². The Bertz CT molecular complexity index is 505. The number of benzene rings is 1. The van der Waals surface area contributed by atoms with Crippen molar-refractivity contribution in [1.82, 2.24) is 5.32 Å². The molecular weight excluding hydrogens is 336 g/mol. The van der Waals surface area contributed by atoms with Gasteiger partial charge in [0.25, 0.3) is 5.91 Å². The molecule has 0 radical (unpaired) electrons. The molecule has 6 heteroatoms. The number of carbonyl (C=O) groups excluding carboxylic acids is 1. The summed E-state index contributed by atoms with van der Waals surface area (Å²) in [5.41, 5.74) is 6.18. The maximum Gasteiger partial charge on any atom is 0.252 e. The first-order valence-corrected chi connectivity index (χ1v) is 7.12. The lowest BCUT2D eigenvalue weighted by molar-refractivity contribution is 0.0943. The van der Waals surface area contributed by atoms with Crippen molar-refractivity contribution >= 4 is 50.6 Å². The van der Waals surface area contributed by atoms with E-state index < -0.39 is 0 Å². The van der Waals surface area contributed by atoms with E-state index in [1.807, 2.05) is 0 Å². The zero-order valence-corrected chi connectivity index (χ0v) is 12.6. The minimum atomic E-state index is -0.213. The fourth-order valence-electron chi connectivity index (χ4n) is 1.74. The zero-order valence-electron chi connectivity index (χ0n) is 9.45. The highest BCUT2D eigenvalue weighted by Crippen LogP contribution is 2.33. The molecule has 1 saturated carbocycles. The maximum atomic E-state index is 12.1. The third-order valence-electron chi connectivity index (χ3n) is 2.86. The third-order valence-corrected chi connectivity index (χ3v) is 4.01. The number of thiocarbonyl (C=S) groups is 1. The average Bonchev–Trinajstić information content (AvgIpc) is 3.08. The molecule has 0 spiro atoms. The first-order valence-electron chi connectivity index (χ1n) is 5.54. The SMILES string of the molecule is NC(=S)C(NC(=O)c1ccc(Cl)cc1Br)C1CC1. The summed E-state index contributed by atoms with van der Waals surface area (Å²) in [5, 5.41) is 3.45. The Balaban J connectivity index is 2.13. The highest BCUT2D eigenvalue weighted by molar-refractivity contribution is 9.10. The van der Waals surface area contributed by atoms with E-state index in [1.54, 1.807) is 18.2 Å². The number of hydrogen-bond acceptors (Lipinski definition) is 2. The standard InChI is InChI=1S/C12H12BrClN2OS/c13-9-5-7(14)3-4-8(9)12(17)16-10(11(15)18)6-1-2-6/h3-6,10H,1-2H2,(H2,15,18)(H,16,17). The number of halogens is 2. The van der Waals surface area contributed by atoms with Gasteiger partial charge in [0, 0.05) is 9.50 Å². The van der Waals surface area contributed by atoms with Gasteiger partial charge in [-0.1, -0.05) is 23.8 Å². The first kappa shape index (κ1) is 13.8. The predicted molar refractivity (Wildman–Crippen MR) is 79.9 cm³/mol. The Morgan fingerprint density at radius 1 is 1.56 bits per heavy atom. The molecule has 0 heterocycles. The van der Waals surface area contributed by atoms with E-state index >= 15 is 0 Å². The summed E-state index contributed by atoms with van der Waals surface area (Å²) in [7, 11) is 0. The molecule has 18 heavy (non-hydrogen) atoms. The summed E-state index contributed by atoms with van der Waals surface area (Å²) in [5.74, 6) is 0.195. The van der Waals surface area contributed by atoms with Crippen molar-refractivity contribution in [3.05, 3.63) is 33.3 Å². The van der Waals surface area contributed by atoms with E-state index in [4.69, 9.17) is 29.6 Å². The summed E-state index contributed by atoms with van der Waals surface area (Å²) in [4.78, 5) is 12.5. The van der Waals surface area contributed by atoms with Crippen LogP contribution in [0.25, 0.3) is 0 Å². The van der Waals surface area contributed by atoms with Gasteiger partial charge in [0.05, 0.1) is 16.6 Å². The molecule has 1 amide bonds. The second-order valence-electron chi connectivity index (χ2n) is 4.32. The number of nitrogens with one attached hydrogen (secondary N) is 1. The molecule has 0 bridgehead atoms. The van der Waals surface area contributed by atoms with Crippen molar-refractivity contribution in [2.45, 2.75) is 18.9 Å². The average molecular weight is 348 g/mol. The van der Waals surface area contributed by atoms with Crippen molar-refractivity contribution in [2.75, 3.05) is 0 Å². The molecule has 1 aromatic rings. The number of rotatable bonds is 4. The van der Waals surface area contributed by atoms with Crippen LogP contribution >= 0.6 is 39.7 Å². The number of hydrogen-bond donors (Lipinski definition) is 2. The number of nitrogens with two attached hydrogens (primary N) is 1. The second kappa shape index (κ2) is 5.55. The molecule has 1 aliphatic rings. The van der Waals surface area contributed by atoms with E-state index in [0.717, 1.165) is 12.8 Å². The van der Waals surface area contributed by atoms with Crippen LogP contribution in [-0.2, 0) is 0 Å². The zero-order chi connectivity index (χ0) is 13.3. The van der Waals surface area contributed by atoms with Crippen molar-refractivity contribution < 1.29 is 4.79 Å². The topological polar surface area (TPSA) is 55.1 Å². The van der Waals surface area contributed by atoms with Gasteiger partial charge < -0.3 is 11.1 Å². The summed E-state index contributed by atoms with van der Waals surface area (Å²) in [6, 6.07) is 4.82. The van der Waals surface area contributed by atoms with Gasteiger partial charge >= 0.3 is 0 Å². The van der Waals surface area contributed by atoms with Crippen molar-refractivity contribution in [3.8, 4) is 0 Å². The van der Waals surface area contributed by atoms with Gasteiger partial charge in [0.1, 0.15) is 0 Å². The van der Waals surface area contributed by atoms with Gasteiger partial charge in [-0.15, -0.1) is 0 Å². The van der Waals surface area contributed by atoms with Crippen LogP contribution in [0.4, 0.5) is 0 Å². The van der Waals surface area contributed by atoms with Gasteiger partial charge in [0.2, 0.25) is 0 Å². The van der Waals surface area contributed by atoms with Crippen LogP contribution in [0.1, 0.15) is 23.2 Å². The fraction of sp³-hybridized carbons (Fsp3) is 0.333. The van der Waals surface area contributed by atoms with Gasteiger partial charge in [-0.25, -0.2) is 0 Å². The van der Waals surface area contributed by atoms with Crippen molar-refractivity contribution in [3.63, 3.8) is 0 Å². The van der Waals surface area contributed by atoms with Gasteiger partial charge in [-0.05, 0) is 52.9 Å². The summed E-state index contributed by atoms with van der Waals surface area (Å²) < 4.78 is 0.657. The molecule has 0 saturated heterocycles. The maximum absolute atomic E-state index is 12.1. The number of amides is 1. The fourth-order valence-corrected chi connectivity index (χ4v) is 2.86. The normalized spacial score (nSPS) is 16.1. The quantitative estimate of drug-likeness (QED) is 0.824. The Morgan fingerprint density at radius 3 is 2.72 bits per heavy atom. The number of carbonyl (C=O) groups is 1. The van der Waals surface area contributed by atoms with E-state index in [-0.39, 0.29) is 11.9 Å². The lowest BCUT2D eigenvalue weighted by Gasteiger charge is -2.17. The molecule has 1 aliphatic carbocycles. The lowest BCUT2D eigenvalue weighted by atomic mass is 10.1. The van der Waals surface area contributed by atoms with E-state index in [2.05, 4.69) is 21.2 Å². The van der Waals surface area contributed by atoms with Crippen LogP contribution < -0.4 is 11.1 Å². The molecule has 0 aliphatic heterocycles. The second-order valence-corrected chi connectivity index (χ2v) is 6.08. The van der Waals surface area contributed by atoms with Crippen LogP contribution in [0, 0.1) is 5.92 Å².